The van der Waals surface area contributed by atoms with Crippen molar-refractivity contribution in [2.75, 3.05) is 13.2 Å². The smallest absolute Gasteiger partial charge is 0.407 e. The van der Waals surface area contributed by atoms with Gasteiger partial charge in [-0.1, -0.05) is 29.8 Å². The number of carbonyl (C=O) groups is 1. The van der Waals surface area contributed by atoms with E-state index in [1.165, 1.54) is 0 Å². The van der Waals surface area contributed by atoms with Gasteiger partial charge in [0.2, 0.25) is 0 Å². The second-order valence-corrected chi connectivity index (χ2v) is 3.23. The Balaban J connectivity index is 2.37. The average molecular weight is 230 g/mol. The summed E-state index contributed by atoms with van der Waals surface area (Å²) in [6, 6.07) is 7.13. The zero-order chi connectivity index (χ0) is 11.1. The molecule has 1 rings (SSSR count). The second kappa shape index (κ2) is 6.27. The lowest BCUT2D eigenvalue weighted by Gasteiger charge is -2.06. The molecular formula is C10H12ClNO3. The predicted molar refractivity (Wildman–Crippen MR) is 56.7 cm³/mol. The normalized spacial score (nSPS) is 9.73. The van der Waals surface area contributed by atoms with Gasteiger partial charge in [-0.3, -0.25) is 0 Å². The Morgan fingerprint density at radius 3 is 2.87 bits per heavy atom. The van der Waals surface area contributed by atoms with E-state index in [-0.39, 0.29) is 19.8 Å². The summed E-state index contributed by atoms with van der Waals surface area (Å²) in [7, 11) is 0. The number of ether oxygens (including phenoxy) is 1. The maximum atomic E-state index is 11.0. The van der Waals surface area contributed by atoms with Gasteiger partial charge in [0.05, 0.1) is 6.61 Å². The zero-order valence-electron chi connectivity index (χ0n) is 8.07. The van der Waals surface area contributed by atoms with E-state index in [1.807, 2.05) is 6.07 Å². The monoisotopic (exact) mass is 229 g/mol. The van der Waals surface area contributed by atoms with Gasteiger partial charge in [0, 0.05) is 17.1 Å². The summed E-state index contributed by atoms with van der Waals surface area (Å²) in [5.74, 6) is 0. The minimum atomic E-state index is -0.566. The molecule has 0 fully saturated rings. The van der Waals surface area contributed by atoms with Crippen LogP contribution >= 0.6 is 11.6 Å². The molecule has 15 heavy (non-hydrogen) atoms. The minimum Gasteiger partial charge on any atom is -0.445 e. The van der Waals surface area contributed by atoms with Crippen LogP contribution in [0.5, 0.6) is 0 Å². The van der Waals surface area contributed by atoms with Crippen LogP contribution in [-0.4, -0.2) is 24.4 Å². The van der Waals surface area contributed by atoms with Gasteiger partial charge in [-0.2, -0.15) is 0 Å². The number of halogens is 1. The lowest BCUT2D eigenvalue weighted by atomic mass is 10.2. The highest BCUT2D eigenvalue weighted by Gasteiger charge is 2.03. The summed E-state index contributed by atoms with van der Waals surface area (Å²) in [5, 5.41) is 11.4. The van der Waals surface area contributed by atoms with Gasteiger partial charge < -0.3 is 15.2 Å². The van der Waals surface area contributed by atoms with Gasteiger partial charge in [0.25, 0.3) is 0 Å². The minimum absolute atomic E-state index is 0.110. The highest BCUT2D eigenvalue weighted by Crippen LogP contribution is 2.15. The molecule has 0 spiro atoms. The number of hydrogen-bond donors (Lipinski definition) is 2. The molecule has 0 aromatic heterocycles. The van der Waals surface area contributed by atoms with E-state index in [2.05, 4.69) is 5.32 Å². The van der Waals surface area contributed by atoms with Crippen LogP contribution in [-0.2, 0) is 11.3 Å². The average Bonchev–Trinajstić information content (AvgIpc) is 2.25. The Hall–Kier alpha value is -1.26. The van der Waals surface area contributed by atoms with Crippen LogP contribution in [0.1, 0.15) is 5.56 Å². The van der Waals surface area contributed by atoms with Gasteiger partial charge in [-0.25, -0.2) is 4.79 Å². The fourth-order valence-corrected chi connectivity index (χ4v) is 1.16. The van der Waals surface area contributed by atoms with Crippen LogP contribution in [0, 0.1) is 0 Å². The summed E-state index contributed by atoms with van der Waals surface area (Å²) in [6.45, 7) is 0.194. The molecule has 0 bridgehead atoms. The molecule has 1 aromatic carbocycles. The van der Waals surface area contributed by atoms with E-state index in [4.69, 9.17) is 21.4 Å². The van der Waals surface area contributed by atoms with E-state index in [0.717, 1.165) is 5.56 Å². The van der Waals surface area contributed by atoms with Crippen molar-refractivity contribution in [3.63, 3.8) is 0 Å². The molecule has 82 valence electrons. The molecule has 0 atom stereocenters. The number of carbonyl (C=O) groups excluding carboxylic acids is 1. The zero-order valence-corrected chi connectivity index (χ0v) is 8.83. The van der Waals surface area contributed by atoms with Gasteiger partial charge in [-0.15, -0.1) is 0 Å². The van der Waals surface area contributed by atoms with E-state index >= 15 is 0 Å². The first kappa shape index (κ1) is 11.8. The highest BCUT2D eigenvalue weighted by molar-refractivity contribution is 6.31. The molecule has 1 aromatic rings. The molecule has 0 radical (unpaired) electrons. The molecule has 5 heteroatoms. The van der Waals surface area contributed by atoms with E-state index in [9.17, 15) is 4.79 Å². The lowest BCUT2D eigenvalue weighted by Crippen LogP contribution is -2.26. The molecule has 0 unspecified atom stereocenters. The Morgan fingerprint density at radius 1 is 1.47 bits per heavy atom. The third-order valence-electron chi connectivity index (χ3n) is 1.70. The molecule has 1 amide bonds. The summed E-state index contributed by atoms with van der Waals surface area (Å²) in [5.41, 5.74) is 0.748. The summed E-state index contributed by atoms with van der Waals surface area (Å²) in [4.78, 5) is 11.0. The maximum Gasteiger partial charge on any atom is 0.407 e. The van der Waals surface area contributed by atoms with Gasteiger partial charge in [-0.05, 0) is 6.07 Å². The third-order valence-corrected chi connectivity index (χ3v) is 2.07. The first-order valence-electron chi connectivity index (χ1n) is 4.49. The van der Waals surface area contributed by atoms with Crippen LogP contribution < -0.4 is 5.32 Å². The first-order valence-corrected chi connectivity index (χ1v) is 4.86. The van der Waals surface area contributed by atoms with Crippen molar-refractivity contribution in [3.05, 3.63) is 34.9 Å². The van der Waals surface area contributed by atoms with Crippen molar-refractivity contribution in [3.8, 4) is 0 Å². The number of benzene rings is 1. The number of aliphatic hydroxyl groups is 1. The van der Waals surface area contributed by atoms with E-state index in [1.54, 1.807) is 18.2 Å². The number of amides is 1. The molecular weight excluding hydrogens is 218 g/mol. The molecule has 0 aliphatic carbocycles. The molecule has 0 saturated carbocycles. The molecule has 0 aliphatic rings. The van der Waals surface area contributed by atoms with Crippen LogP contribution in [0.15, 0.2) is 24.3 Å². The molecule has 2 N–H and O–H groups in total. The Labute approximate surface area is 92.8 Å². The predicted octanol–water partition coefficient (Wildman–Crippen LogP) is 1.56. The Kier molecular flexibility index (Phi) is 4.93. The third kappa shape index (κ3) is 4.18. The Morgan fingerprint density at radius 2 is 2.20 bits per heavy atom. The van der Waals surface area contributed by atoms with Crippen molar-refractivity contribution >= 4 is 17.7 Å². The topological polar surface area (TPSA) is 58.6 Å². The summed E-state index contributed by atoms with van der Waals surface area (Å²) < 4.78 is 4.87. The quantitative estimate of drug-likeness (QED) is 0.824. The van der Waals surface area contributed by atoms with Crippen LogP contribution in [0.2, 0.25) is 5.02 Å². The fraction of sp³-hybridized carbons (Fsp3) is 0.300. The fourth-order valence-electron chi connectivity index (χ4n) is 0.968. The highest BCUT2D eigenvalue weighted by atomic mass is 35.5. The molecule has 0 aliphatic heterocycles. The number of rotatable bonds is 4. The van der Waals surface area contributed by atoms with Gasteiger partial charge in [0.15, 0.2) is 0 Å². The van der Waals surface area contributed by atoms with Crippen molar-refractivity contribution in [2.24, 2.45) is 0 Å². The van der Waals surface area contributed by atoms with Crippen LogP contribution in [0.3, 0.4) is 0 Å². The lowest BCUT2D eigenvalue weighted by molar-refractivity contribution is 0.137. The summed E-state index contributed by atoms with van der Waals surface area (Å²) >= 11 is 5.86. The van der Waals surface area contributed by atoms with Crippen LogP contribution in [0.25, 0.3) is 0 Å². The van der Waals surface area contributed by atoms with Gasteiger partial charge in [0.1, 0.15) is 6.61 Å². The number of nitrogens with one attached hydrogen (secondary N) is 1. The molecule has 0 heterocycles. The first-order chi connectivity index (χ1) is 7.24. The van der Waals surface area contributed by atoms with Crippen LogP contribution in [0.4, 0.5) is 4.79 Å². The molecule has 0 saturated heterocycles. The van der Waals surface area contributed by atoms with Crippen molar-refractivity contribution < 1.29 is 14.6 Å². The number of aliphatic hydroxyl groups excluding tert-OH is 1. The van der Waals surface area contributed by atoms with Gasteiger partial charge >= 0.3 is 6.09 Å². The molecule has 4 nitrogen and oxygen atoms in total. The largest absolute Gasteiger partial charge is 0.445 e. The van der Waals surface area contributed by atoms with E-state index in [0.29, 0.717) is 5.02 Å². The maximum absolute atomic E-state index is 11.0. The number of hydrogen-bond acceptors (Lipinski definition) is 3. The number of alkyl carbamates (subject to hydrolysis) is 1. The second-order valence-electron chi connectivity index (χ2n) is 2.82. The Bertz CT molecular complexity index is 330. The SMILES string of the molecule is O=C(NCCO)OCc1ccccc1Cl. The standard InChI is InChI=1S/C10H12ClNO3/c11-9-4-2-1-3-8(9)7-15-10(14)12-5-6-13/h1-4,13H,5-7H2,(H,12,14). The summed E-state index contributed by atoms with van der Waals surface area (Å²) in [6.07, 6.45) is -0.566. The van der Waals surface area contributed by atoms with Crippen molar-refractivity contribution in [1.29, 1.82) is 0 Å². The van der Waals surface area contributed by atoms with Crippen molar-refractivity contribution in [2.45, 2.75) is 6.61 Å². The van der Waals surface area contributed by atoms with Crippen molar-refractivity contribution in [1.82, 2.24) is 5.32 Å². The van der Waals surface area contributed by atoms with E-state index < -0.39 is 6.09 Å².